The molecule has 0 bridgehead atoms. The highest BCUT2D eigenvalue weighted by atomic mass is 32.1. The van der Waals surface area contributed by atoms with Crippen molar-refractivity contribution in [1.82, 2.24) is 9.80 Å². The Bertz CT molecular complexity index is 851. The Morgan fingerprint density at radius 1 is 1.28 bits per heavy atom. The van der Waals surface area contributed by atoms with E-state index in [1.807, 2.05) is 43.0 Å². The van der Waals surface area contributed by atoms with Gasteiger partial charge in [-0.05, 0) is 48.9 Å². The lowest BCUT2D eigenvalue weighted by Gasteiger charge is -2.37. The number of benzene rings is 1. The number of amides is 2. The number of fused-ring (bicyclic) bond motifs is 1. The third kappa shape index (κ3) is 4.97. The summed E-state index contributed by atoms with van der Waals surface area (Å²) in [5.74, 6) is 0.587. The highest BCUT2D eigenvalue weighted by Gasteiger charge is 2.33. The van der Waals surface area contributed by atoms with Crippen LogP contribution >= 0.6 is 11.3 Å². The van der Waals surface area contributed by atoms with Gasteiger partial charge in [0.05, 0.1) is 12.6 Å². The van der Waals surface area contributed by atoms with E-state index in [0.717, 1.165) is 23.3 Å². The van der Waals surface area contributed by atoms with Gasteiger partial charge in [0, 0.05) is 25.1 Å². The van der Waals surface area contributed by atoms with Gasteiger partial charge in [-0.2, -0.15) is 0 Å². The number of carbonyl (C=O) groups is 2. The van der Waals surface area contributed by atoms with Crippen LogP contribution in [0.2, 0.25) is 0 Å². The van der Waals surface area contributed by atoms with Crippen LogP contribution in [0.5, 0.6) is 5.75 Å². The molecule has 6 nitrogen and oxygen atoms in total. The molecule has 1 aliphatic heterocycles. The average molecular weight is 417 g/mol. The number of nitrogens with zero attached hydrogens (tertiary/aromatic N) is 2. The number of likely N-dealkylation sites (N-methyl/N-ethyl adjacent to an activating group) is 1. The predicted molar refractivity (Wildman–Crippen MR) is 113 cm³/mol. The second-order valence-electron chi connectivity index (χ2n) is 7.07. The molecule has 0 fully saturated rings. The smallest absolute Gasteiger partial charge is 0.249 e. The first-order chi connectivity index (χ1) is 14.0. The van der Waals surface area contributed by atoms with Gasteiger partial charge in [0.15, 0.2) is 0 Å². The topological polar surface area (TPSA) is 59.1 Å². The quantitative estimate of drug-likeness (QED) is 0.664. The molecule has 2 amide bonds. The van der Waals surface area contributed by atoms with Gasteiger partial charge in [-0.1, -0.05) is 18.2 Å². The van der Waals surface area contributed by atoms with E-state index in [4.69, 9.17) is 9.47 Å². The Balaban J connectivity index is 1.76. The number of methoxy groups -OCH3 is 1. The van der Waals surface area contributed by atoms with Gasteiger partial charge in [0.1, 0.15) is 19.0 Å². The standard InChI is InChI=1S/C22H28N2O4S/c1-4-23(22(26)15-27-3)13-21(25)24-11-9-20-17(10-12-29-20)18(24)14-28-19-8-6-5-7-16(19)2/h5-8,10,12,18H,4,9,11,13-15H2,1-3H3. The molecule has 1 aromatic carbocycles. The first kappa shape index (κ1) is 21.3. The Morgan fingerprint density at radius 2 is 2.07 bits per heavy atom. The van der Waals surface area contributed by atoms with E-state index in [0.29, 0.717) is 19.7 Å². The summed E-state index contributed by atoms with van der Waals surface area (Å²) >= 11 is 1.72. The van der Waals surface area contributed by atoms with Gasteiger partial charge in [-0.25, -0.2) is 0 Å². The van der Waals surface area contributed by atoms with Crippen molar-refractivity contribution >= 4 is 23.2 Å². The summed E-state index contributed by atoms with van der Waals surface area (Å²) in [6.07, 6.45) is 0.831. The van der Waals surface area contributed by atoms with Gasteiger partial charge in [0.25, 0.3) is 0 Å². The maximum Gasteiger partial charge on any atom is 0.249 e. The number of ether oxygens (including phenoxy) is 2. The maximum absolute atomic E-state index is 13.1. The molecule has 1 aliphatic rings. The zero-order chi connectivity index (χ0) is 20.8. The minimum atomic E-state index is -0.177. The molecule has 0 radical (unpaired) electrons. The summed E-state index contributed by atoms with van der Waals surface area (Å²) in [7, 11) is 1.48. The lowest BCUT2D eigenvalue weighted by Crippen LogP contribution is -2.48. The van der Waals surface area contributed by atoms with Gasteiger partial charge in [-0.3, -0.25) is 9.59 Å². The Labute approximate surface area is 176 Å². The molecule has 0 aliphatic carbocycles. The zero-order valence-corrected chi connectivity index (χ0v) is 18.0. The molecular formula is C22H28N2O4S. The van der Waals surface area contributed by atoms with Gasteiger partial charge < -0.3 is 19.3 Å². The molecular weight excluding hydrogens is 388 g/mol. The number of aryl methyl sites for hydroxylation is 1. The van der Waals surface area contributed by atoms with E-state index in [1.165, 1.54) is 16.9 Å². The Morgan fingerprint density at radius 3 is 2.79 bits per heavy atom. The minimum absolute atomic E-state index is 0.0182. The Hall–Kier alpha value is -2.38. The number of rotatable bonds is 8. The molecule has 0 saturated heterocycles. The lowest BCUT2D eigenvalue weighted by atomic mass is 10.0. The van der Waals surface area contributed by atoms with Crippen molar-refractivity contribution < 1.29 is 19.1 Å². The number of thiophene rings is 1. The fourth-order valence-corrected chi connectivity index (χ4v) is 4.54. The van der Waals surface area contributed by atoms with Crippen molar-refractivity contribution in [3.05, 3.63) is 51.7 Å². The van der Waals surface area contributed by atoms with Gasteiger partial charge in [-0.15, -0.1) is 11.3 Å². The van der Waals surface area contributed by atoms with Crippen LogP contribution in [0.1, 0.15) is 29.0 Å². The monoisotopic (exact) mass is 416 g/mol. The molecule has 1 atom stereocenters. The normalized spacial score (nSPS) is 15.7. The summed E-state index contributed by atoms with van der Waals surface area (Å²) in [6, 6.07) is 9.80. The maximum atomic E-state index is 13.1. The van der Waals surface area contributed by atoms with Crippen molar-refractivity contribution in [2.75, 3.05) is 40.0 Å². The number of para-hydroxylation sites is 1. The van der Waals surface area contributed by atoms with Crippen LogP contribution in [-0.4, -0.2) is 61.6 Å². The van der Waals surface area contributed by atoms with Crippen molar-refractivity contribution in [1.29, 1.82) is 0 Å². The van der Waals surface area contributed by atoms with Crippen LogP contribution in [-0.2, 0) is 20.7 Å². The molecule has 2 aromatic rings. The molecule has 1 unspecified atom stereocenters. The zero-order valence-electron chi connectivity index (χ0n) is 17.2. The van der Waals surface area contributed by atoms with E-state index in [1.54, 1.807) is 11.3 Å². The molecule has 0 N–H and O–H groups in total. The predicted octanol–water partition coefficient (Wildman–Crippen LogP) is 3.06. The highest BCUT2D eigenvalue weighted by molar-refractivity contribution is 7.10. The molecule has 156 valence electrons. The number of hydrogen-bond acceptors (Lipinski definition) is 5. The fraction of sp³-hybridized carbons (Fsp3) is 0.455. The lowest BCUT2D eigenvalue weighted by molar-refractivity contribution is -0.144. The third-order valence-corrected chi connectivity index (χ3v) is 6.23. The minimum Gasteiger partial charge on any atom is -0.491 e. The molecule has 2 heterocycles. The van der Waals surface area contributed by atoms with Crippen molar-refractivity contribution in [2.45, 2.75) is 26.3 Å². The average Bonchev–Trinajstić information content (AvgIpc) is 3.20. The van der Waals surface area contributed by atoms with Crippen molar-refractivity contribution in [2.24, 2.45) is 0 Å². The van der Waals surface area contributed by atoms with Crippen molar-refractivity contribution in [3.63, 3.8) is 0 Å². The largest absolute Gasteiger partial charge is 0.491 e. The summed E-state index contributed by atoms with van der Waals surface area (Å²) in [6.45, 7) is 5.40. The number of hydrogen-bond donors (Lipinski definition) is 0. The van der Waals surface area contributed by atoms with Crippen molar-refractivity contribution in [3.8, 4) is 5.75 Å². The van der Waals surface area contributed by atoms with Crippen LogP contribution in [0, 0.1) is 6.92 Å². The first-order valence-corrected chi connectivity index (χ1v) is 10.7. The van der Waals surface area contributed by atoms with E-state index in [-0.39, 0.29) is 31.0 Å². The summed E-state index contributed by atoms with van der Waals surface area (Å²) < 4.78 is 11.0. The molecule has 1 aromatic heterocycles. The summed E-state index contributed by atoms with van der Waals surface area (Å²) in [5, 5.41) is 2.07. The van der Waals surface area contributed by atoms with Crippen LogP contribution in [0.4, 0.5) is 0 Å². The Kier molecular flexibility index (Phi) is 7.28. The molecule has 7 heteroatoms. The van der Waals surface area contributed by atoms with E-state index in [2.05, 4.69) is 11.4 Å². The van der Waals surface area contributed by atoms with Crippen LogP contribution < -0.4 is 4.74 Å². The third-order valence-electron chi connectivity index (χ3n) is 5.23. The second kappa shape index (κ2) is 9.89. The van der Waals surface area contributed by atoms with E-state index in [9.17, 15) is 9.59 Å². The summed E-state index contributed by atoms with van der Waals surface area (Å²) in [4.78, 5) is 30.0. The highest BCUT2D eigenvalue weighted by Crippen LogP contribution is 2.34. The number of carbonyl (C=O) groups excluding carboxylic acids is 2. The first-order valence-electron chi connectivity index (χ1n) is 9.86. The van der Waals surface area contributed by atoms with Crippen LogP contribution in [0.15, 0.2) is 35.7 Å². The molecule has 29 heavy (non-hydrogen) atoms. The van der Waals surface area contributed by atoms with Gasteiger partial charge in [0.2, 0.25) is 11.8 Å². The van der Waals surface area contributed by atoms with Crippen LogP contribution in [0.25, 0.3) is 0 Å². The molecule has 0 saturated carbocycles. The van der Waals surface area contributed by atoms with Gasteiger partial charge >= 0.3 is 0 Å². The summed E-state index contributed by atoms with van der Waals surface area (Å²) in [5.41, 5.74) is 2.21. The van der Waals surface area contributed by atoms with Crippen LogP contribution in [0.3, 0.4) is 0 Å². The fourth-order valence-electron chi connectivity index (χ4n) is 3.61. The van der Waals surface area contributed by atoms with E-state index < -0.39 is 0 Å². The molecule has 0 spiro atoms. The second-order valence-corrected chi connectivity index (χ2v) is 8.07. The van der Waals surface area contributed by atoms with E-state index >= 15 is 0 Å². The molecule has 3 rings (SSSR count). The SMILES string of the molecule is CCN(CC(=O)N1CCc2sccc2C1COc1ccccc1C)C(=O)COC.